The lowest BCUT2D eigenvalue weighted by atomic mass is 9.93. The van der Waals surface area contributed by atoms with Crippen LogP contribution in [-0.2, 0) is 16.0 Å². The Morgan fingerprint density at radius 1 is 1.50 bits per heavy atom. The second-order valence-corrected chi connectivity index (χ2v) is 4.62. The Morgan fingerprint density at radius 2 is 2.33 bits per heavy atom. The molecule has 1 aromatic carbocycles. The van der Waals surface area contributed by atoms with Crippen LogP contribution in [0.4, 0.5) is 0 Å². The van der Waals surface area contributed by atoms with Crippen molar-refractivity contribution >= 4 is 5.78 Å². The van der Waals surface area contributed by atoms with E-state index in [0.717, 1.165) is 12.1 Å². The van der Waals surface area contributed by atoms with Gasteiger partial charge in [0.05, 0.1) is 19.1 Å². The highest BCUT2D eigenvalue weighted by Gasteiger charge is 2.32. The van der Waals surface area contributed by atoms with Gasteiger partial charge in [-0.2, -0.15) is 0 Å². The lowest BCUT2D eigenvalue weighted by Crippen LogP contribution is -2.39. The molecule has 0 amide bonds. The van der Waals surface area contributed by atoms with Crippen LogP contribution in [0.3, 0.4) is 0 Å². The van der Waals surface area contributed by atoms with Crippen molar-refractivity contribution in [2.45, 2.75) is 19.4 Å². The number of nitrogens with one attached hydrogen (secondary N) is 1. The molecule has 0 saturated carbocycles. The van der Waals surface area contributed by atoms with E-state index in [-0.39, 0.29) is 23.5 Å². The van der Waals surface area contributed by atoms with Crippen LogP contribution in [0, 0.1) is 5.92 Å². The molecular weight excluding hydrogens is 230 g/mol. The van der Waals surface area contributed by atoms with Crippen molar-refractivity contribution in [3.8, 4) is 5.75 Å². The van der Waals surface area contributed by atoms with Crippen molar-refractivity contribution in [1.82, 2.24) is 5.32 Å². The summed E-state index contributed by atoms with van der Waals surface area (Å²) in [6.45, 7) is 3.96. The van der Waals surface area contributed by atoms with Crippen molar-refractivity contribution in [3.63, 3.8) is 0 Å². The molecule has 1 fully saturated rings. The third-order valence-corrected chi connectivity index (χ3v) is 3.25. The number of phenolic OH excluding ortho intramolecular Hbond substituents is 1. The second-order valence-electron chi connectivity index (χ2n) is 4.62. The molecule has 0 bridgehead atoms. The van der Waals surface area contributed by atoms with Crippen LogP contribution in [0.1, 0.15) is 12.5 Å². The zero-order valence-electron chi connectivity index (χ0n) is 10.6. The first-order valence-corrected chi connectivity index (χ1v) is 6.32. The molecule has 4 nitrogen and oxygen atoms in total. The molecule has 2 unspecified atom stereocenters. The van der Waals surface area contributed by atoms with Gasteiger partial charge in [0.25, 0.3) is 0 Å². The van der Waals surface area contributed by atoms with Crippen LogP contribution in [0.25, 0.3) is 0 Å². The fourth-order valence-corrected chi connectivity index (χ4v) is 2.33. The monoisotopic (exact) mass is 249 g/mol. The number of rotatable bonds is 5. The van der Waals surface area contributed by atoms with Crippen molar-refractivity contribution in [3.05, 3.63) is 29.8 Å². The Balaban J connectivity index is 1.99. The zero-order valence-corrected chi connectivity index (χ0v) is 10.6. The quantitative estimate of drug-likeness (QED) is 0.821. The van der Waals surface area contributed by atoms with E-state index in [1.165, 1.54) is 0 Å². The highest BCUT2D eigenvalue weighted by molar-refractivity contribution is 5.84. The average Bonchev–Trinajstić information content (AvgIpc) is 2.78. The fourth-order valence-electron chi connectivity index (χ4n) is 2.33. The number of aromatic hydroxyl groups is 1. The van der Waals surface area contributed by atoms with Gasteiger partial charge in [0.2, 0.25) is 0 Å². The first-order valence-electron chi connectivity index (χ1n) is 6.32. The summed E-state index contributed by atoms with van der Waals surface area (Å²) < 4.78 is 5.37. The Bertz CT molecular complexity index is 419. The highest BCUT2D eigenvalue weighted by atomic mass is 16.5. The predicted octanol–water partition coefficient (Wildman–Crippen LogP) is 1.13. The molecule has 4 heteroatoms. The maximum atomic E-state index is 12.2. The van der Waals surface area contributed by atoms with E-state index in [0.29, 0.717) is 19.6 Å². The van der Waals surface area contributed by atoms with Crippen molar-refractivity contribution in [1.29, 1.82) is 0 Å². The molecule has 98 valence electrons. The van der Waals surface area contributed by atoms with Crippen LogP contribution in [-0.4, -0.2) is 36.7 Å². The number of carbonyl (C=O) groups excluding carboxylic acids is 1. The topological polar surface area (TPSA) is 58.6 Å². The Hall–Kier alpha value is -1.39. The van der Waals surface area contributed by atoms with Crippen LogP contribution in [0.5, 0.6) is 5.75 Å². The summed E-state index contributed by atoms with van der Waals surface area (Å²) in [7, 11) is 0. The molecule has 1 aromatic rings. The molecular formula is C14H19NO3. The summed E-state index contributed by atoms with van der Waals surface area (Å²) in [5, 5.41) is 12.7. The van der Waals surface area contributed by atoms with Gasteiger partial charge < -0.3 is 15.2 Å². The van der Waals surface area contributed by atoms with Crippen molar-refractivity contribution in [2.75, 3.05) is 19.8 Å². The largest absolute Gasteiger partial charge is 0.508 e. The van der Waals surface area contributed by atoms with E-state index in [1.807, 2.05) is 13.0 Å². The number of ether oxygens (including phenoxy) is 1. The van der Waals surface area contributed by atoms with Crippen LogP contribution >= 0.6 is 0 Å². The van der Waals surface area contributed by atoms with Crippen LogP contribution < -0.4 is 5.32 Å². The number of phenols is 1. The van der Waals surface area contributed by atoms with Gasteiger partial charge in [-0.05, 0) is 24.2 Å². The summed E-state index contributed by atoms with van der Waals surface area (Å²) in [5.74, 6) is 0.294. The zero-order chi connectivity index (χ0) is 13.0. The normalized spacial score (nSPS) is 23.2. The summed E-state index contributed by atoms with van der Waals surface area (Å²) in [6.07, 6.45) is 0.352. The molecule has 2 atom stereocenters. The first-order chi connectivity index (χ1) is 8.70. The molecule has 0 radical (unpaired) electrons. The Labute approximate surface area is 107 Å². The molecule has 0 aliphatic carbocycles. The van der Waals surface area contributed by atoms with Gasteiger partial charge in [-0.3, -0.25) is 4.79 Å². The molecule has 1 saturated heterocycles. The van der Waals surface area contributed by atoms with Crippen LogP contribution in [0.2, 0.25) is 0 Å². The molecule has 1 aliphatic heterocycles. The molecule has 1 heterocycles. The molecule has 18 heavy (non-hydrogen) atoms. The second kappa shape index (κ2) is 5.98. The fraction of sp³-hybridized carbons (Fsp3) is 0.500. The molecule has 2 N–H and O–H groups in total. The SMILES string of the molecule is CCNC1COCC1C(=O)Cc1cccc(O)c1. The summed E-state index contributed by atoms with van der Waals surface area (Å²) in [6, 6.07) is 6.98. The maximum Gasteiger partial charge on any atom is 0.144 e. The van der Waals surface area contributed by atoms with Gasteiger partial charge in [-0.25, -0.2) is 0 Å². The minimum Gasteiger partial charge on any atom is -0.508 e. The predicted molar refractivity (Wildman–Crippen MR) is 68.6 cm³/mol. The summed E-state index contributed by atoms with van der Waals surface area (Å²) in [4.78, 5) is 12.2. The summed E-state index contributed by atoms with van der Waals surface area (Å²) in [5.41, 5.74) is 0.849. The highest BCUT2D eigenvalue weighted by Crippen LogP contribution is 2.19. The molecule has 2 rings (SSSR count). The minimum atomic E-state index is -0.0766. The third kappa shape index (κ3) is 3.09. The van der Waals surface area contributed by atoms with E-state index < -0.39 is 0 Å². The van der Waals surface area contributed by atoms with Crippen molar-refractivity contribution in [2.24, 2.45) is 5.92 Å². The maximum absolute atomic E-state index is 12.2. The Kier molecular flexibility index (Phi) is 4.33. The number of ketones is 1. The molecule has 0 aromatic heterocycles. The van der Waals surface area contributed by atoms with E-state index in [1.54, 1.807) is 18.2 Å². The van der Waals surface area contributed by atoms with E-state index in [4.69, 9.17) is 4.74 Å². The Morgan fingerprint density at radius 3 is 3.06 bits per heavy atom. The van der Waals surface area contributed by atoms with Gasteiger partial charge in [-0.1, -0.05) is 19.1 Å². The number of likely N-dealkylation sites (N-methyl/N-ethyl adjacent to an activating group) is 1. The van der Waals surface area contributed by atoms with E-state index >= 15 is 0 Å². The minimum absolute atomic E-state index is 0.0766. The van der Waals surface area contributed by atoms with Gasteiger partial charge in [0, 0.05) is 12.5 Å². The van der Waals surface area contributed by atoms with Gasteiger partial charge in [0.15, 0.2) is 0 Å². The number of Topliss-reactive ketones (excluding diaryl/α,β-unsaturated/α-hetero) is 1. The number of benzene rings is 1. The first kappa shape index (κ1) is 13.1. The van der Waals surface area contributed by atoms with Gasteiger partial charge in [-0.15, -0.1) is 0 Å². The van der Waals surface area contributed by atoms with Gasteiger partial charge >= 0.3 is 0 Å². The average molecular weight is 249 g/mol. The van der Waals surface area contributed by atoms with Crippen molar-refractivity contribution < 1.29 is 14.6 Å². The third-order valence-electron chi connectivity index (χ3n) is 3.25. The number of carbonyl (C=O) groups is 1. The van der Waals surface area contributed by atoms with Crippen LogP contribution in [0.15, 0.2) is 24.3 Å². The summed E-state index contributed by atoms with van der Waals surface area (Å²) >= 11 is 0. The van der Waals surface area contributed by atoms with Gasteiger partial charge in [0.1, 0.15) is 11.5 Å². The molecule has 1 aliphatic rings. The smallest absolute Gasteiger partial charge is 0.144 e. The molecule has 0 spiro atoms. The number of hydrogen-bond donors (Lipinski definition) is 2. The van der Waals surface area contributed by atoms with E-state index in [2.05, 4.69) is 5.32 Å². The lowest BCUT2D eigenvalue weighted by molar-refractivity contribution is -0.122. The standard InChI is InChI=1S/C14H19NO3/c1-2-15-13-9-18-8-12(13)14(17)7-10-4-3-5-11(16)6-10/h3-6,12-13,15-16H,2,7-9H2,1H3. The van der Waals surface area contributed by atoms with E-state index in [9.17, 15) is 9.90 Å². The number of hydrogen-bond acceptors (Lipinski definition) is 4. The lowest BCUT2D eigenvalue weighted by Gasteiger charge is -2.17.